The van der Waals surface area contributed by atoms with E-state index in [4.69, 9.17) is 11.6 Å². The molecule has 0 aliphatic carbocycles. The molecule has 4 heteroatoms. The molecule has 0 bridgehead atoms. The quantitative estimate of drug-likeness (QED) is 0.657. The Hall–Kier alpha value is -1.48. The second kappa shape index (κ2) is 4.65. The topological polar surface area (TPSA) is 0 Å². The summed E-state index contributed by atoms with van der Waals surface area (Å²) in [5.41, 5.74) is 1.81. The van der Waals surface area contributed by atoms with Crippen LogP contribution in [0.5, 0.6) is 0 Å². The third kappa shape index (κ3) is 2.67. The highest BCUT2D eigenvalue weighted by Gasteiger charge is 2.32. The minimum absolute atomic E-state index is 0.277. The molecule has 0 aliphatic rings. The fourth-order valence-electron chi connectivity index (χ4n) is 1.67. The van der Waals surface area contributed by atoms with Gasteiger partial charge in [-0.2, -0.15) is 13.2 Å². The van der Waals surface area contributed by atoms with Crippen LogP contribution >= 0.6 is 11.6 Å². The third-order valence-electron chi connectivity index (χ3n) is 2.66. The van der Waals surface area contributed by atoms with Gasteiger partial charge in [0.2, 0.25) is 0 Å². The lowest BCUT2D eigenvalue weighted by molar-refractivity contribution is -0.137. The zero-order valence-electron chi connectivity index (χ0n) is 9.55. The average molecular weight is 271 g/mol. The number of halogens is 4. The molecule has 18 heavy (non-hydrogen) atoms. The number of benzene rings is 2. The van der Waals surface area contributed by atoms with Crippen LogP contribution in [0.3, 0.4) is 0 Å². The molecule has 0 unspecified atom stereocenters. The highest BCUT2D eigenvalue weighted by molar-refractivity contribution is 6.31. The largest absolute Gasteiger partial charge is 0.417 e. The van der Waals surface area contributed by atoms with E-state index in [0.717, 1.165) is 17.2 Å². The van der Waals surface area contributed by atoms with Crippen LogP contribution in [0, 0.1) is 6.92 Å². The van der Waals surface area contributed by atoms with Crippen LogP contribution in [0.2, 0.25) is 5.02 Å². The van der Waals surface area contributed by atoms with Crippen LogP contribution < -0.4 is 0 Å². The van der Waals surface area contributed by atoms with Gasteiger partial charge in [0.05, 0.1) is 10.6 Å². The molecule has 0 atom stereocenters. The van der Waals surface area contributed by atoms with E-state index in [9.17, 15) is 13.2 Å². The van der Waals surface area contributed by atoms with Gasteiger partial charge in [0.15, 0.2) is 0 Å². The van der Waals surface area contributed by atoms with Crippen molar-refractivity contribution in [3.8, 4) is 11.1 Å². The van der Waals surface area contributed by atoms with E-state index in [-0.39, 0.29) is 5.02 Å². The van der Waals surface area contributed by atoms with Gasteiger partial charge < -0.3 is 0 Å². The molecule has 2 aromatic carbocycles. The summed E-state index contributed by atoms with van der Waals surface area (Å²) in [7, 11) is 0. The molecule has 0 aliphatic heterocycles. The fraction of sp³-hybridized carbons (Fsp3) is 0.143. The van der Waals surface area contributed by atoms with Gasteiger partial charge >= 0.3 is 6.18 Å². The van der Waals surface area contributed by atoms with Crippen molar-refractivity contribution in [3.63, 3.8) is 0 Å². The van der Waals surface area contributed by atoms with Gasteiger partial charge in [-0.3, -0.25) is 0 Å². The van der Waals surface area contributed by atoms with Gasteiger partial charge in [0.25, 0.3) is 0 Å². The molecule has 0 aromatic heterocycles. The molecule has 0 amide bonds. The van der Waals surface area contributed by atoms with Crippen molar-refractivity contribution in [1.29, 1.82) is 0 Å². The summed E-state index contributed by atoms with van der Waals surface area (Å²) in [4.78, 5) is 0. The Morgan fingerprint density at radius 1 is 0.889 bits per heavy atom. The van der Waals surface area contributed by atoms with Crippen molar-refractivity contribution in [2.24, 2.45) is 0 Å². The monoisotopic (exact) mass is 270 g/mol. The first-order valence-corrected chi connectivity index (χ1v) is 5.69. The molecule has 0 spiro atoms. The Bertz CT molecular complexity index is 556. The lowest BCUT2D eigenvalue weighted by Gasteiger charge is -2.10. The van der Waals surface area contributed by atoms with E-state index >= 15 is 0 Å². The SMILES string of the molecule is Cc1ccc(-c2ccc(C(F)(F)F)c(Cl)c2)cc1. The maximum absolute atomic E-state index is 12.6. The molecular weight excluding hydrogens is 261 g/mol. The summed E-state index contributed by atoms with van der Waals surface area (Å²) >= 11 is 5.68. The van der Waals surface area contributed by atoms with Gasteiger partial charge in [-0.25, -0.2) is 0 Å². The predicted octanol–water partition coefficient (Wildman–Crippen LogP) is 5.33. The van der Waals surface area contributed by atoms with E-state index in [1.165, 1.54) is 12.1 Å². The van der Waals surface area contributed by atoms with Crippen molar-refractivity contribution >= 4 is 11.6 Å². The summed E-state index contributed by atoms with van der Waals surface area (Å²) in [5, 5.41) is -0.277. The van der Waals surface area contributed by atoms with Gasteiger partial charge in [-0.1, -0.05) is 47.5 Å². The van der Waals surface area contributed by atoms with Crippen LogP contribution in [0.4, 0.5) is 13.2 Å². The van der Waals surface area contributed by atoms with Gasteiger partial charge in [-0.05, 0) is 30.2 Å². The Morgan fingerprint density at radius 3 is 1.94 bits per heavy atom. The Morgan fingerprint density at radius 2 is 1.44 bits per heavy atom. The van der Waals surface area contributed by atoms with Gasteiger partial charge in [0, 0.05) is 0 Å². The zero-order chi connectivity index (χ0) is 13.3. The number of hydrogen-bond acceptors (Lipinski definition) is 0. The molecule has 94 valence electrons. The van der Waals surface area contributed by atoms with Crippen LogP contribution in [0.15, 0.2) is 42.5 Å². The molecule has 2 aromatic rings. The van der Waals surface area contributed by atoms with Crippen LogP contribution in [0.1, 0.15) is 11.1 Å². The third-order valence-corrected chi connectivity index (χ3v) is 2.97. The maximum Gasteiger partial charge on any atom is 0.417 e. The number of aryl methyl sites for hydroxylation is 1. The van der Waals surface area contributed by atoms with E-state index in [0.29, 0.717) is 5.56 Å². The van der Waals surface area contributed by atoms with E-state index in [1.54, 1.807) is 0 Å². The summed E-state index contributed by atoms with van der Waals surface area (Å²) in [6.07, 6.45) is -4.41. The predicted molar refractivity (Wildman–Crippen MR) is 66.6 cm³/mol. The van der Waals surface area contributed by atoms with E-state index in [2.05, 4.69) is 0 Å². The number of alkyl halides is 3. The van der Waals surface area contributed by atoms with Crippen molar-refractivity contribution in [2.75, 3.05) is 0 Å². The Kier molecular flexibility index (Phi) is 3.35. The van der Waals surface area contributed by atoms with Crippen LogP contribution in [0.25, 0.3) is 11.1 Å². The lowest BCUT2D eigenvalue weighted by Crippen LogP contribution is -2.05. The second-order valence-corrected chi connectivity index (χ2v) is 4.47. The molecule has 0 saturated heterocycles. The first-order valence-electron chi connectivity index (χ1n) is 5.32. The standard InChI is InChI=1S/C14H10ClF3/c1-9-2-4-10(5-3-9)11-6-7-12(13(15)8-11)14(16,17)18/h2-8H,1H3. The van der Waals surface area contributed by atoms with Crippen LogP contribution in [-0.4, -0.2) is 0 Å². The Labute approximate surface area is 108 Å². The summed E-state index contributed by atoms with van der Waals surface area (Å²) in [5.74, 6) is 0. The normalized spacial score (nSPS) is 11.6. The van der Waals surface area contributed by atoms with Crippen molar-refractivity contribution in [3.05, 3.63) is 58.6 Å². The zero-order valence-corrected chi connectivity index (χ0v) is 10.3. The molecule has 2 rings (SSSR count). The van der Waals surface area contributed by atoms with Crippen LogP contribution in [-0.2, 0) is 6.18 Å². The molecular formula is C14H10ClF3. The smallest absolute Gasteiger partial charge is 0.166 e. The molecule has 0 N–H and O–H groups in total. The van der Waals surface area contributed by atoms with Gasteiger partial charge in [-0.15, -0.1) is 0 Å². The molecule has 0 saturated carbocycles. The minimum atomic E-state index is -4.41. The highest BCUT2D eigenvalue weighted by Crippen LogP contribution is 2.36. The fourth-order valence-corrected chi connectivity index (χ4v) is 1.96. The van der Waals surface area contributed by atoms with Crippen molar-refractivity contribution < 1.29 is 13.2 Å². The van der Waals surface area contributed by atoms with Gasteiger partial charge in [0.1, 0.15) is 0 Å². The summed E-state index contributed by atoms with van der Waals surface area (Å²) < 4.78 is 37.7. The summed E-state index contributed by atoms with van der Waals surface area (Å²) in [6.45, 7) is 1.95. The number of rotatable bonds is 1. The Balaban J connectivity index is 2.43. The second-order valence-electron chi connectivity index (χ2n) is 4.06. The average Bonchev–Trinajstić information content (AvgIpc) is 2.28. The van der Waals surface area contributed by atoms with Crippen molar-refractivity contribution in [2.45, 2.75) is 13.1 Å². The first-order chi connectivity index (χ1) is 8.38. The van der Waals surface area contributed by atoms with Crippen molar-refractivity contribution in [1.82, 2.24) is 0 Å². The lowest BCUT2D eigenvalue weighted by atomic mass is 10.0. The number of hydrogen-bond donors (Lipinski definition) is 0. The van der Waals surface area contributed by atoms with E-state index in [1.807, 2.05) is 31.2 Å². The highest BCUT2D eigenvalue weighted by atomic mass is 35.5. The minimum Gasteiger partial charge on any atom is -0.166 e. The molecule has 0 heterocycles. The maximum atomic E-state index is 12.6. The molecule has 0 nitrogen and oxygen atoms in total. The first kappa shape index (κ1) is 13.0. The molecule has 0 fully saturated rings. The summed E-state index contributed by atoms with van der Waals surface area (Å²) in [6, 6.07) is 11.3. The van der Waals surface area contributed by atoms with E-state index < -0.39 is 11.7 Å². The molecule has 0 radical (unpaired) electrons.